The normalized spacial score (nSPS) is 12.8. The number of aromatic nitrogens is 3. The van der Waals surface area contributed by atoms with Gasteiger partial charge in [-0.15, -0.1) is 0 Å². The fourth-order valence-corrected chi connectivity index (χ4v) is 3.72. The Kier molecular flexibility index (Phi) is 4.75. The molecule has 1 aliphatic heterocycles. The highest BCUT2D eigenvalue weighted by molar-refractivity contribution is 5.94. The van der Waals surface area contributed by atoms with E-state index in [1.807, 2.05) is 17.2 Å². The number of fused-ring (bicyclic) bond motifs is 1. The van der Waals surface area contributed by atoms with Crippen LogP contribution in [0, 0.1) is 13.8 Å². The van der Waals surface area contributed by atoms with Crippen LogP contribution in [-0.2, 0) is 6.54 Å². The molecular weight excluding hydrogens is 388 g/mol. The molecule has 4 aromatic rings. The minimum absolute atomic E-state index is 0.104. The lowest BCUT2D eigenvalue weighted by Gasteiger charge is -2.21. The average molecular weight is 410 g/mol. The molecule has 0 saturated heterocycles. The van der Waals surface area contributed by atoms with E-state index in [-0.39, 0.29) is 18.1 Å². The summed E-state index contributed by atoms with van der Waals surface area (Å²) in [5.41, 5.74) is 7.89. The highest BCUT2D eigenvalue weighted by Crippen LogP contribution is 2.27. The highest BCUT2D eigenvalue weighted by atomic mass is 16.3. The predicted molar refractivity (Wildman–Crippen MR) is 119 cm³/mol. The van der Waals surface area contributed by atoms with Crippen molar-refractivity contribution in [2.24, 2.45) is 0 Å². The number of nitrogens with one attached hydrogen (secondary N) is 1. The number of aromatic amines is 1. The van der Waals surface area contributed by atoms with Crippen molar-refractivity contribution in [3.05, 3.63) is 89.5 Å². The van der Waals surface area contributed by atoms with Crippen LogP contribution in [0.3, 0.4) is 0 Å². The van der Waals surface area contributed by atoms with Gasteiger partial charge in [0.15, 0.2) is 12.2 Å². The zero-order chi connectivity index (χ0) is 21.4. The number of nitrogens with zero attached hydrogens (tertiary/aromatic N) is 3. The van der Waals surface area contributed by atoms with Crippen LogP contribution in [0.25, 0.3) is 28.6 Å². The smallest absolute Gasteiger partial charge is 0.218 e. The van der Waals surface area contributed by atoms with Crippen LogP contribution < -0.4 is 0 Å². The number of carbonyl (C=O) groups excluding carboxylic acids is 1. The van der Waals surface area contributed by atoms with Gasteiger partial charge in [-0.3, -0.25) is 4.79 Å². The Labute approximate surface area is 180 Å². The summed E-state index contributed by atoms with van der Waals surface area (Å²) in [6, 6.07) is 15.0. The summed E-state index contributed by atoms with van der Waals surface area (Å²) in [6.07, 6.45) is 6.53. The molecule has 0 radical (unpaired) electrons. The zero-order valence-corrected chi connectivity index (χ0v) is 17.4. The van der Waals surface area contributed by atoms with E-state index < -0.39 is 0 Å². The SMILES string of the molecule is Cc1ccc(-c2ccc(-c3nc4c([nH]3)CN(CC(=O)c3cnco3)C=C4)cc2)cc1C. The van der Waals surface area contributed by atoms with Crippen LogP contribution in [0.1, 0.15) is 33.1 Å². The maximum atomic E-state index is 12.3. The van der Waals surface area contributed by atoms with Gasteiger partial charge in [0.05, 0.1) is 30.7 Å². The zero-order valence-electron chi connectivity index (χ0n) is 17.4. The second kappa shape index (κ2) is 7.72. The topological polar surface area (TPSA) is 75.0 Å². The first kappa shape index (κ1) is 19.1. The number of hydrogen-bond acceptors (Lipinski definition) is 5. The third kappa shape index (κ3) is 3.80. The number of carbonyl (C=O) groups is 1. The van der Waals surface area contributed by atoms with Crippen molar-refractivity contribution in [2.45, 2.75) is 20.4 Å². The standard InChI is InChI=1S/C25H22N4O2/c1-16-3-4-20(11-17(16)2)18-5-7-19(8-6-18)25-27-21-9-10-29(13-22(21)28-25)14-23(30)24-12-26-15-31-24/h3-12,15H,13-14H2,1-2H3,(H,27,28). The van der Waals surface area contributed by atoms with E-state index in [1.54, 1.807) is 0 Å². The maximum Gasteiger partial charge on any atom is 0.218 e. The quantitative estimate of drug-likeness (QED) is 0.468. The summed E-state index contributed by atoms with van der Waals surface area (Å²) in [7, 11) is 0. The van der Waals surface area contributed by atoms with E-state index in [2.05, 4.69) is 66.3 Å². The number of hydrogen-bond donors (Lipinski definition) is 1. The Morgan fingerprint density at radius 3 is 2.58 bits per heavy atom. The largest absolute Gasteiger partial charge is 0.440 e. The van der Waals surface area contributed by atoms with Gasteiger partial charge in [-0.05, 0) is 42.2 Å². The number of Topliss-reactive ketones (excluding diaryl/α,β-unsaturated/α-hetero) is 1. The number of H-pyrrole nitrogens is 1. The molecule has 0 amide bonds. The maximum absolute atomic E-state index is 12.3. The Morgan fingerprint density at radius 1 is 1.06 bits per heavy atom. The summed E-state index contributed by atoms with van der Waals surface area (Å²) in [5, 5.41) is 0. The van der Waals surface area contributed by atoms with Crippen LogP contribution >= 0.6 is 0 Å². The summed E-state index contributed by atoms with van der Waals surface area (Å²) in [5.74, 6) is 0.991. The van der Waals surface area contributed by atoms with Crippen molar-refractivity contribution in [1.82, 2.24) is 19.9 Å². The average Bonchev–Trinajstić information content (AvgIpc) is 3.46. The van der Waals surface area contributed by atoms with Crippen molar-refractivity contribution in [3.63, 3.8) is 0 Å². The molecular formula is C25H22N4O2. The molecule has 6 nitrogen and oxygen atoms in total. The molecule has 3 heterocycles. The van der Waals surface area contributed by atoms with Gasteiger partial charge in [0.1, 0.15) is 5.82 Å². The van der Waals surface area contributed by atoms with Crippen molar-refractivity contribution < 1.29 is 9.21 Å². The third-order valence-corrected chi connectivity index (χ3v) is 5.67. The molecule has 2 aromatic carbocycles. The number of imidazole rings is 1. The van der Waals surface area contributed by atoms with Gasteiger partial charge < -0.3 is 14.3 Å². The minimum atomic E-state index is -0.104. The number of oxazole rings is 1. The van der Waals surface area contributed by atoms with Crippen molar-refractivity contribution in [3.8, 4) is 22.5 Å². The Balaban J connectivity index is 1.32. The van der Waals surface area contributed by atoms with Gasteiger partial charge in [0.2, 0.25) is 5.78 Å². The van der Waals surface area contributed by atoms with E-state index in [0.29, 0.717) is 6.54 Å². The summed E-state index contributed by atoms with van der Waals surface area (Å²) >= 11 is 0. The van der Waals surface area contributed by atoms with E-state index in [4.69, 9.17) is 9.40 Å². The molecule has 0 spiro atoms. The first-order chi connectivity index (χ1) is 15.1. The second-order valence-corrected chi connectivity index (χ2v) is 7.84. The molecule has 154 valence electrons. The monoisotopic (exact) mass is 410 g/mol. The summed E-state index contributed by atoms with van der Waals surface area (Å²) in [4.78, 5) is 26.1. The third-order valence-electron chi connectivity index (χ3n) is 5.67. The molecule has 5 rings (SSSR count). The van der Waals surface area contributed by atoms with E-state index in [0.717, 1.165) is 22.8 Å². The van der Waals surface area contributed by atoms with Crippen molar-refractivity contribution in [2.75, 3.05) is 6.54 Å². The summed E-state index contributed by atoms with van der Waals surface area (Å²) < 4.78 is 5.09. The second-order valence-electron chi connectivity index (χ2n) is 7.84. The van der Waals surface area contributed by atoms with Gasteiger partial charge >= 0.3 is 0 Å². The Hall–Kier alpha value is -3.93. The van der Waals surface area contributed by atoms with Crippen LogP contribution in [0.5, 0.6) is 0 Å². The fourth-order valence-electron chi connectivity index (χ4n) is 3.72. The van der Waals surface area contributed by atoms with Crippen LogP contribution in [-0.4, -0.2) is 32.2 Å². The molecule has 1 N–H and O–H groups in total. The van der Waals surface area contributed by atoms with Crippen molar-refractivity contribution in [1.29, 1.82) is 0 Å². The predicted octanol–water partition coefficient (Wildman–Crippen LogP) is 5.02. The van der Waals surface area contributed by atoms with Crippen LogP contribution in [0.2, 0.25) is 0 Å². The lowest BCUT2D eigenvalue weighted by molar-refractivity contribution is 0.0925. The number of rotatable bonds is 5. The first-order valence-corrected chi connectivity index (χ1v) is 10.2. The van der Waals surface area contributed by atoms with E-state index in [9.17, 15) is 4.79 Å². The lowest BCUT2D eigenvalue weighted by Crippen LogP contribution is -2.26. The molecule has 2 aromatic heterocycles. The van der Waals surface area contributed by atoms with Crippen molar-refractivity contribution >= 4 is 11.9 Å². The van der Waals surface area contributed by atoms with Gasteiger partial charge in [-0.25, -0.2) is 9.97 Å². The summed E-state index contributed by atoms with van der Waals surface area (Å²) in [6.45, 7) is 5.07. The first-order valence-electron chi connectivity index (χ1n) is 10.2. The van der Waals surface area contributed by atoms with Gasteiger partial charge in [0.25, 0.3) is 0 Å². The van der Waals surface area contributed by atoms with Gasteiger partial charge in [-0.2, -0.15) is 0 Å². The molecule has 0 atom stereocenters. The molecule has 1 aliphatic rings. The molecule has 0 saturated carbocycles. The fraction of sp³-hybridized carbons (Fsp3) is 0.160. The molecule has 0 unspecified atom stereocenters. The number of benzene rings is 2. The minimum Gasteiger partial charge on any atom is -0.440 e. The van der Waals surface area contributed by atoms with E-state index in [1.165, 1.54) is 34.8 Å². The lowest BCUT2D eigenvalue weighted by atomic mass is 9.99. The number of aryl methyl sites for hydroxylation is 2. The molecule has 0 fully saturated rings. The molecule has 6 heteroatoms. The van der Waals surface area contributed by atoms with Crippen LogP contribution in [0.15, 0.2) is 65.7 Å². The molecule has 31 heavy (non-hydrogen) atoms. The van der Waals surface area contributed by atoms with Crippen LogP contribution in [0.4, 0.5) is 0 Å². The molecule has 0 bridgehead atoms. The van der Waals surface area contributed by atoms with Gasteiger partial charge in [-0.1, -0.05) is 42.5 Å². The Bertz CT molecular complexity index is 1270. The highest BCUT2D eigenvalue weighted by Gasteiger charge is 2.19. The van der Waals surface area contributed by atoms with E-state index >= 15 is 0 Å². The Morgan fingerprint density at radius 2 is 1.84 bits per heavy atom. The molecule has 0 aliphatic carbocycles. The number of ketones is 1. The van der Waals surface area contributed by atoms with Gasteiger partial charge in [0, 0.05) is 11.8 Å².